The van der Waals surface area contributed by atoms with E-state index in [-0.39, 0.29) is 0 Å². The number of hydrogen-bond acceptors (Lipinski definition) is 3. The summed E-state index contributed by atoms with van der Waals surface area (Å²) in [6, 6.07) is 16.2. The fourth-order valence-electron chi connectivity index (χ4n) is 1.62. The Bertz CT molecular complexity index is 499. The maximum Gasteiger partial charge on any atom is 0.0972 e. The molecule has 0 unspecified atom stereocenters. The van der Waals surface area contributed by atoms with Crippen molar-refractivity contribution < 1.29 is 4.74 Å². The van der Waals surface area contributed by atoms with Gasteiger partial charge in [-0.15, -0.1) is 0 Å². The van der Waals surface area contributed by atoms with E-state index in [1.54, 1.807) is 11.8 Å². The molecule has 3 heteroatoms. The normalized spacial score (nSPS) is 10.5. The molecule has 94 valence electrons. The van der Waals surface area contributed by atoms with Crippen LogP contribution in [0.15, 0.2) is 53.4 Å². The molecule has 0 aromatic heterocycles. The highest BCUT2D eigenvalue weighted by atomic mass is 32.2. The van der Waals surface area contributed by atoms with E-state index in [0.29, 0.717) is 12.5 Å². The van der Waals surface area contributed by atoms with Crippen molar-refractivity contribution in [2.45, 2.75) is 18.4 Å². The topological polar surface area (TPSA) is 35.2 Å². The van der Waals surface area contributed by atoms with Crippen LogP contribution in [-0.2, 0) is 11.3 Å². The minimum absolute atomic E-state index is 0.614. The van der Waals surface area contributed by atoms with E-state index in [1.165, 1.54) is 5.56 Å². The molecule has 0 saturated heterocycles. The lowest BCUT2D eigenvalue weighted by Crippen LogP contribution is -1.95. The highest BCUT2D eigenvalue weighted by molar-refractivity contribution is 7.99. The van der Waals surface area contributed by atoms with Crippen LogP contribution < -0.4 is 5.73 Å². The second-order valence-corrected chi connectivity index (χ2v) is 5.05. The Balaban J connectivity index is 1.81. The lowest BCUT2D eigenvalue weighted by molar-refractivity contribution is 0.169. The van der Waals surface area contributed by atoms with E-state index < -0.39 is 0 Å². The molecule has 0 aliphatic carbocycles. The van der Waals surface area contributed by atoms with Crippen LogP contribution in [0.25, 0.3) is 0 Å². The van der Waals surface area contributed by atoms with Gasteiger partial charge in [0.05, 0.1) is 12.5 Å². The number of rotatable bonds is 5. The maximum absolute atomic E-state index is 6.00. The number of nitrogens with two attached hydrogens (primary N) is 1. The number of para-hydroxylation sites is 1. The molecule has 0 aliphatic heterocycles. The van der Waals surface area contributed by atoms with E-state index in [4.69, 9.17) is 10.5 Å². The first-order valence-corrected chi connectivity index (χ1v) is 6.85. The van der Waals surface area contributed by atoms with Crippen molar-refractivity contribution in [3.05, 3.63) is 59.7 Å². The van der Waals surface area contributed by atoms with E-state index >= 15 is 0 Å². The van der Waals surface area contributed by atoms with E-state index in [1.807, 2.05) is 43.3 Å². The Morgan fingerprint density at radius 2 is 1.83 bits per heavy atom. The van der Waals surface area contributed by atoms with Gasteiger partial charge in [0.25, 0.3) is 0 Å². The summed E-state index contributed by atoms with van der Waals surface area (Å²) in [7, 11) is 0. The zero-order valence-electron chi connectivity index (χ0n) is 10.4. The quantitative estimate of drug-likeness (QED) is 0.383. The van der Waals surface area contributed by atoms with Gasteiger partial charge in [-0.25, -0.2) is 0 Å². The fraction of sp³-hybridized carbons (Fsp3) is 0.200. The lowest BCUT2D eigenvalue weighted by Gasteiger charge is -2.08. The van der Waals surface area contributed by atoms with Gasteiger partial charge in [-0.05, 0) is 24.1 Å². The summed E-state index contributed by atoms with van der Waals surface area (Å²) in [6.45, 7) is 2.66. The Morgan fingerprint density at radius 1 is 1.06 bits per heavy atom. The van der Waals surface area contributed by atoms with Crippen LogP contribution in [0.4, 0.5) is 5.69 Å². The molecule has 18 heavy (non-hydrogen) atoms. The predicted molar refractivity (Wildman–Crippen MR) is 77.5 cm³/mol. The number of anilines is 1. The Labute approximate surface area is 112 Å². The van der Waals surface area contributed by atoms with Gasteiger partial charge in [-0.1, -0.05) is 54.2 Å². The van der Waals surface area contributed by atoms with E-state index in [9.17, 15) is 0 Å². The van der Waals surface area contributed by atoms with Crippen LogP contribution in [0.5, 0.6) is 0 Å². The molecular weight excluding hydrogens is 242 g/mol. The number of hydrogen-bond donors (Lipinski definition) is 1. The molecule has 0 radical (unpaired) electrons. The van der Waals surface area contributed by atoms with Gasteiger partial charge >= 0.3 is 0 Å². The molecule has 2 rings (SSSR count). The number of thioether (sulfide) groups is 1. The molecule has 0 spiro atoms. The van der Waals surface area contributed by atoms with Crippen LogP contribution in [0.2, 0.25) is 0 Å². The first-order valence-electron chi connectivity index (χ1n) is 5.87. The molecule has 0 fully saturated rings. The van der Waals surface area contributed by atoms with Crippen LogP contribution in [-0.4, -0.2) is 5.94 Å². The van der Waals surface area contributed by atoms with Gasteiger partial charge in [0.15, 0.2) is 0 Å². The van der Waals surface area contributed by atoms with Gasteiger partial charge in [0.2, 0.25) is 0 Å². The second kappa shape index (κ2) is 6.47. The Hall–Kier alpha value is -1.45. The predicted octanol–water partition coefficient (Wildman–Crippen LogP) is 3.84. The van der Waals surface area contributed by atoms with Crippen molar-refractivity contribution in [1.82, 2.24) is 0 Å². The monoisotopic (exact) mass is 259 g/mol. The molecule has 0 atom stereocenters. The smallest absolute Gasteiger partial charge is 0.0972 e. The zero-order chi connectivity index (χ0) is 12.8. The standard InChI is InChI=1S/C15H17NOS/c1-12-6-5-9-14(15(12)16)18-11-17-10-13-7-3-2-4-8-13/h2-9H,10-11,16H2,1H3. The minimum atomic E-state index is 0.614. The molecule has 0 amide bonds. The van der Waals surface area contributed by atoms with Crippen molar-refractivity contribution in [2.75, 3.05) is 11.7 Å². The molecule has 0 saturated carbocycles. The zero-order valence-corrected chi connectivity index (χ0v) is 11.2. The fourth-order valence-corrected chi connectivity index (χ4v) is 2.40. The van der Waals surface area contributed by atoms with E-state index in [2.05, 4.69) is 12.1 Å². The summed E-state index contributed by atoms with van der Waals surface area (Å²) >= 11 is 1.63. The van der Waals surface area contributed by atoms with Crippen LogP contribution in [0, 0.1) is 6.92 Å². The lowest BCUT2D eigenvalue weighted by atomic mass is 10.2. The SMILES string of the molecule is Cc1cccc(SCOCc2ccccc2)c1N. The molecular formula is C15H17NOS. The molecule has 2 N–H and O–H groups in total. The van der Waals surface area contributed by atoms with Crippen molar-refractivity contribution in [2.24, 2.45) is 0 Å². The van der Waals surface area contributed by atoms with Gasteiger partial charge < -0.3 is 10.5 Å². The van der Waals surface area contributed by atoms with Crippen LogP contribution in [0.3, 0.4) is 0 Å². The summed E-state index contributed by atoms with van der Waals surface area (Å²) in [5.41, 5.74) is 9.16. The number of benzene rings is 2. The van der Waals surface area contributed by atoms with Gasteiger partial charge in [0, 0.05) is 10.6 Å². The second-order valence-electron chi connectivity index (χ2n) is 4.08. The van der Waals surface area contributed by atoms with Crippen molar-refractivity contribution in [3.63, 3.8) is 0 Å². The highest BCUT2D eigenvalue weighted by Crippen LogP contribution is 2.27. The van der Waals surface area contributed by atoms with Gasteiger partial charge in [-0.3, -0.25) is 0 Å². The van der Waals surface area contributed by atoms with Gasteiger partial charge in [0.1, 0.15) is 0 Å². The largest absolute Gasteiger partial charge is 0.398 e. The number of ether oxygens (including phenoxy) is 1. The third kappa shape index (κ3) is 3.52. The summed E-state index contributed by atoms with van der Waals surface area (Å²) in [5, 5.41) is 0. The highest BCUT2D eigenvalue weighted by Gasteiger charge is 2.02. The average Bonchev–Trinajstić information content (AvgIpc) is 2.40. The maximum atomic E-state index is 6.00. The molecule has 2 nitrogen and oxygen atoms in total. The summed E-state index contributed by atoms with van der Waals surface area (Å²) in [5.74, 6) is 0.614. The van der Waals surface area contributed by atoms with Crippen molar-refractivity contribution in [1.29, 1.82) is 0 Å². The van der Waals surface area contributed by atoms with Crippen molar-refractivity contribution in [3.8, 4) is 0 Å². The summed E-state index contributed by atoms with van der Waals surface area (Å²) in [4.78, 5) is 1.09. The molecule has 0 bridgehead atoms. The Morgan fingerprint density at radius 3 is 2.61 bits per heavy atom. The first-order chi connectivity index (χ1) is 8.77. The molecule has 0 heterocycles. The minimum Gasteiger partial charge on any atom is -0.398 e. The average molecular weight is 259 g/mol. The molecule has 2 aromatic rings. The number of aryl methyl sites for hydroxylation is 1. The number of nitrogen functional groups attached to an aromatic ring is 1. The summed E-state index contributed by atoms with van der Waals surface area (Å²) in [6.07, 6.45) is 0. The summed E-state index contributed by atoms with van der Waals surface area (Å²) < 4.78 is 5.63. The van der Waals surface area contributed by atoms with Crippen molar-refractivity contribution >= 4 is 17.4 Å². The van der Waals surface area contributed by atoms with E-state index in [0.717, 1.165) is 16.1 Å². The molecule has 2 aromatic carbocycles. The first kappa shape index (κ1) is 13.0. The Kier molecular flexibility index (Phi) is 4.67. The third-order valence-electron chi connectivity index (χ3n) is 2.69. The van der Waals surface area contributed by atoms with Gasteiger partial charge in [-0.2, -0.15) is 0 Å². The van der Waals surface area contributed by atoms with Crippen LogP contribution >= 0.6 is 11.8 Å². The molecule has 0 aliphatic rings. The third-order valence-corrected chi connectivity index (χ3v) is 3.64. The van der Waals surface area contributed by atoms with Crippen LogP contribution in [0.1, 0.15) is 11.1 Å².